The number of hydrogen-bond donors (Lipinski definition) is 2. The average Bonchev–Trinajstić information content (AvgIpc) is 2.28. The first-order valence-electron chi connectivity index (χ1n) is 4.63. The fourth-order valence-corrected chi connectivity index (χ4v) is 1.80. The van der Waals surface area contributed by atoms with Gasteiger partial charge in [0.2, 0.25) is 0 Å². The van der Waals surface area contributed by atoms with E-state index in [0.717, 1.165) is 21.6 Å². The smallest absolute Gasteiger partial charge is 0.257 e. The maximum absolute atomic E-state index is 11.8. The maximum Gasteiger partial charge on any atom is 0.257 e. The molecule has 1 aromatic rings. The molecule has 1 heterocycles. The van der Waals surface area contributed by atoms with Crippen molar-refractivity contribution in [2.45, 2.75) is 13.8 Å². The summed E-state index contributed by atoms with van der Waals surface area (Å²) in [5.41, 5.74) is 3.31. The molecule has 1 aliphatic heterocycles. The number of allylic oxidation sites excluding steroid dienone is 2. The fraction of sp³-hybridized carbons (Fsp3) is 0.182. The Morgan fingerprint density at radius 1 is 1.13 bits per heavy atom. The van der Waals surface area contributed by atoms with Crippen molar-refractivity contribution in [3.05, 3.63) is 39.6 Å². The third kappa shape index (κ3) is 1.90. The molecule has 0 spiro atoms. The number of halogens is 1. The SMILES string of the molecule is CC1=C(C)Nc2ccc(Br)cc2C(=O)N1. The summed E-state index contributed by atoms with van der Waals surface area (Å²) < 4.78 is 0.899. The topological polar surface area (TPSA) is 41.1 Å². The Morgan fingerprint density at radius 3 is 2.53 bits per heavy atom. The molecule has 0 unspecified atom stereocenters. The van der Waals surface area contributed by atoms with Gasteiger partial charge in [-0.3, -0.25) is 4.79 Å². The first-order valence-corrected chi connectivity index (χ1v) is 5.42. The van der Waals surface area contributed by atoms with E-state index in [0.29, 0.717) is 5.56 Å². The lowest BCUT2D eigenvalue weighted by molar-refractivity contribution is 0.0967. The fourth-order valence-electron chi connectivity index (χ4n) is 1.44. The van der Waals surface area contributed by atoms with E-state index in [4.69, 9.17) is 0 Å². The van der Waals surface area contributed by atoms with Gasteiger partial charge in [-0.05, 0) is 32.0 Å². The number of anilines is 1. The first-order chi connectivity index (χ1) is 7.08. The van der Waals surface area contributed by atoms with Crippen LogP contribution in [-0.4, -0.2) is 5.91 Å². The Hall–Kier alpha value is -1.29. The lowest BCUT2D eigenvalue weighted by Crippen LogP contribution is -2.20. The Bertz CT molecular complexity index is 466. The lowest BCUT2D eigenvalue weighted by atomic mass is 10.1. The minimum Gasteiger partial charge on any atom is -0.357 e. The molecule has 0 aliphatic carbocycles. The molecule has 1 aromatic carbocycles. The standard InChI is InChI=1S/C11H11BrN2O/c1-6-7(2)14-11(15)9-5-8(12)3-4-10(9)13-6/h3-5,13H,1-2H3,(H,14,15). The van der Waals surface area contributed by atoms with Crippen molar-refractivity contribution in [3.8, 4) is 0 Å². The minimum absolute atomic E-state index is 0.0758. The minimum atomic E-state index is -0.0758. The number of rotatable bonds is 0. The van der Waals surface area contributed by atoms with Crippen LogP contribution in [-0.2, 0) is 0 Å². The number of nitrogens with one attached hydrogen (secondary N) is 2. The summed E-state index contributed by atoms with van der Waals surface area (Å²) in [5, 5.41) is 6.04. The van der Waals surface area contributed by atoms with Crippen molar-refractivity contribution in [1.29, 1.82) is 0 Å². The molecule has 0 aromatic heterocycles. The van der Waals surface area contributed by atoms with Gasteiger partial charge in [0, 0.05) is 15.9 Å². The Kier molecular flexibility index (Phi) is 2.52. The van der Waals surface area contributed by atoms with Crippen molar-refractivity contribution in [2.24, 2.45) is 0 Å². The van der Waals surface area contributed by atoms with Gasteiger partial charge < -0.3 is 10.6 Å². The largest absolute Gasteiger partial charge is 0.357 e. The van der Waals surface area contributed by atoms with Gasteiger partial charge in [0.05, 0.1) is 11.3 Å². The van der Waals surface area contributed by atoms with E-state index in [1.807, 2.05) is 32.0 Å². The number of carbonyl (C=O) groups is 1. The molecule has 2 N–H and O–H groups in total. The molecule has 3 nitrogen and oxygen atoms in total. The number of fused-ring (bicyclic) bond motifs is 1. The summed E-state index contributed by atoms with van der Waals surface area (Å²) in [6.07, 6.45) is 0. The number of carbonyl (C=O) groups excluding carboxylic acids is 1. The molecule has 0 saturated heterocycles. The predicted octanol–water partition coefficient (Wildman–Crippen LogP) is 2.86. The van der Waals surface area contributed by atoms with Crippen molar-refractivity contribution in [2.75, 3.05) is 5.32 Å². The zero-order chi connectivity index (χ0) is 11.0. The molecule has 4 heteroatoms. The summed E-state index contributed by atoms with van der Waals surface area (Å²) in [6, 6.07) is 5.61. The van der Waals surface area contributed by atoms with Crippen LogP contribution in [0.4, 0.5) is 5.69 Å². The highest BCUT2D eigenvalue weighted by atomic mass is 79.9. The van der Waals surface area contributed by atoms with E-state index < -0.39 is 0 Å². The third-order valence-electron chi connectivity index (χ3n) is 2.41. The predicted molar refractivity (Wildman–Crippen MR) is 63.6 cm³/mol. The average molecular weight is 267 g/mol. The molecular formula is C11H11BrN2O. The van der Waals surface area contributed by atoms with Crippen LogP contribution in [0, 0.1) is 0 Å². The molecule has 78 valence electrons. The van der Waals surface area contributed by atoms with E-state index >= 15 is 0 Å². The first kappa shape index (κ1) is 10.2. The van der Waals surface area contributed by atoms with E-state index in [1.54, 1.807) is 0 Å². The second-order valence-electron chi connectivity index (χ2n) is 3.52. The van der Waals surface area contributed by atoms with Crippen LogP contribution < -0.4 is 10.6 Å². The molecule has 0 radical (unpaired) electrons. The zero-order valence-corrected chi connectivity index (χ0v) is 10.1. The summed E-state index contributed by atoms with van der Waals surface area (Å²) >= 11 is 3.35. The maximum atomic E-state index is 11.8. The molecule has 0 atom stereocenters. The van der Waals surface area contributed by atoms with Crippen LogP contribution >= 0.6 is 15.9 Å². The zero-order valence-electron chi connectivity index (χ0n) is 8.52. The van der Waals surface area contributed by atoms with Gasteiger partial charge in [-0.25, -0.2) is 0 Å². The van der Waals surface area contributed by atoms with Gasteiger partial charge in [0.25, 0.3) is 5.91 Å². The van der Waals surface area contributed by atoms with Crippen LogP contribution in [0.15, 0.2) is 34.1 Å². The number of amides is 1. The highest BCUT2D eigenvalue weighted by Gasteiger charge is 2.16. The van der Waals surface area contributed by atoms with Crippen molar-refractivity contribution in [1.82, 2.24) is 5.32 Å². The molecule has 2 rings (SSSR count). The van der Waals surface area contributed by atoms with Crippen LogP contribution in [0.5, 0.6) is 0 Å². The summed E-state index contributed by atoms with van der Waals surface area (Å²) in [5.74, 6) is -0.0758. The number of hydrogen-bond acceptors (Lipinski definition) is 2. The molecule has 0 fully saturated rings. The Balaban J connectivity index is 2.54. The Morgan fingerprint density at radius 2 is 1.80 bits per heavy atom. The molecule has 0 saturated carbocycles. The second-order valence-corrected chi connectivity index (χ2v) is 4.43. The highest BCUT2D eigenvalue weighted by Crippen LogP contribution is 2.24. The van der Waals surface area contributed by atoms with Gasteiger partial charge in [0.1, 0.15) is 0 Å². The van der Waals surface area contributed by atoms with E-state index in [2.05, 4.69) is 26.6 Å². The summed E-state index contributed by atoms with van der Waals surface area (Å²) in [4.78, 5) is 11.8. The molecule has 15 heavy (non-hydrogen) atoms. The van der Waals surface area contributed by atoms with E-state index in [1.165, 1.54) is 0 Å². The van der Waals surface area contributed by atoms with E-state index in [-0.39, 0.29) is 5.91 Å². The normalized spacial score (nSPS) is 15.3. The van der Waals surface area contributed by atoms with Gasteiger partial charge in [-0.2, -0.15) is 0 Å². The second kappa shape index (κ2) is 3.70. The van der Waals surface area contributed by atoms with Crippen LogP contribution in [0.25, 0.3) is 0 Å². The van der Waals surface area contributed by atoms with Gasteiger partial charge in [-0.1, -0.05) is 15.9 Å². The summed E-state index contributed by atoms with van der Waals surface area (Å²) in [7, 11) is 0. The summed E-state index contributed by atoms with van der Waals surface area (Å²) in [6.45, 7) is 3.81. The van der Waals surface area contributed by atoms with Gasteiger partial charge in [0.15, 0.2) is 0 Å². The van der Waals surface area contributed by atoms with Crippen LogP contribution in [0.1, 0.15) is 24.2 Å². The van der Waals surface area contributed by atoms with Crippen LogP contribution in [0.3, 0.4) is 0 Å². The monoisotopic (exact) mass is 266 g/mol. The molecule has 1 aliphatic rings. The quantitative estimate of drug-likeness (QED) is 0.758. The molecule has 0 bridgehead atoms. The molecular weight excluding hydrogens is 256 g/mol. The van der Waals surface area contributed by atoms with E-state index in [9.17, 15) is 4.79 Å². The van der Waals surface area contributed by atoms with Crippen LogP contribution in [0.2, 0.25) is 0 Å². The Labute approximate surface area is 96.7 Å². The van der Waals surface area contributed by atoms with Crippen molar-refractivity contribution >= 4 is 27.5 Å². The van der Waals surface area contributed by atoms with Gasteiger partial charge in [-0.15, -0.1) is 0 Å². The van der Waals surface area contributed by atoms with Crippen molar-refractivity contribution in [3.63, 3.8) is 0 Å². The lowest BCUT2D eigenvalue weighted by Gasteiger charge is -2.07. The highest BCUT2D eigenvalue weighted by molar-refractivity contribution is 9.10. The third-order valence-corrected chi connectivity index (χ3v) is 2.91. The van der Waals surface area contributed by atoms with Crippen molar-refractivity contribution < 1.29 is 4.79 Å². The van der Waals surface area contributed by atoms with Gasteiger partial charge >= 0.3 is 0 Å². The molecule has 1 amide bonds. The number of benzene rings is 1.